The van der Waals surface area contributed by atoms with Gasteiger partial charge in [0.1, 0.15) is 0 Å². The molecule has 1 fully saturated rings. The van der Waals surface area contributed by atoms with Crippen LogP contribution in [0.1, 0.15) is 58.8 Å². The Morgan fingerprint density at radius 2 is 1.75 bits per heavy atom. The van der Waals surface area contributed by atoms with Crippen LogP contribution in [0.15, 0.2) is 0 Å². The summed E-state index contributed by atoms with van der Waals surface area (Å²) < 4.78 is 0. The van der Waals surface area contributed by atoms with Crippen molar-refractivity contribution in [1.82, 2.24) is 10.2 Å². The Labute approximate surface area is 102 Å². The first kappa shape index (κ1) is 14.0. The molecule has 16 heavy (non-hydrogen) atoms. The molecule has 1 atom stereocenters. The summed E-state index contributed by atoms with van der Waals surface area (Å²) in [5.41, 5.74) is 0. The lowest BCUT2D eigenvalue weighted by atomic mass is 10.0. The van der Waals surface area contributed by atoms with Crippen LogP contribution in [0.25, 0.3) is 0 Å². The Bertz CT molecular complexity index is 145. The van der Waals surface area contributed by atoms with Crippen LogP contribution < -0.4 is 5.32 Å². The van der Waals surface area contributed by atoms with Crippen LogP contribution >= 0.6 is 0 Å². The zero-order valence-electron chi connectivity index (χ0n) is 11.3. The average Bonchev–Trinajstić information content (AvgIpc) is 2.34. The van der Waals surface area contributed by atoms with Gasteiger partial charge in [0.25, 0.3) is 0 Å². The van der Waals surface area contributed by atoms with Gasteiger partial charge in [-0.25, -0.2) is 0 Å². The van der Waals surface area contributed by atoms with Gasteiger partial charge in [-0.2, -0.15) is 0 Å². The molecule has 2 nitrogen and oxygen atoms in total. The van der Waals surface area contributed by atoms with E-state index in [-0.39, 0.29) is 0 Å². The van der Waals surface area contributed by atoms with E-state index in [4.69, 9.17) is 0 Å². The van der Waals surface area contributed by atoms with E-state index >= 15 is 0 Å². The topological polar surface area (TPSA) is 15.3 Å². The van der Waals surface area contributed by atoms with E-state index in [0.717, 1.165) is 6.04 Å². The molecule has 0 radical (unpaired) electrons. The van der Waals surface area contributed by atoms with Gasteiger partial charge in [0.2, 0.25) is 0 Å². The lowest BCUT2D eigenvalue weighted by Gasteiger charge is -2.30. The normalized spacial score (nSPS) is 21.6. The maximum absolute atomic E-state index is 3.66. The molecule has 0 bridgehead atoms. The van der Waals surface area contributed by atoms with Crippen molar-refractivity contribution in [3.8, 4) is 0 Å². The standard InChI is InChI=1S/C14H30N2/c1-3-5-11-16(12-6-4-2)13-14-9-7-8-10-15-14/h14-15H,3-13H2,1-2H3/t14-/m1/s1. The quantitative estimate of drug-likeness (QED) is 0.684. The van der Waals surface area contributed by atoms with Crippen molar-refractivity contribution in [3.05, 3.63) is 0 Å². The largest absolute Gasteiger partial charge is 0.313 e. The first-order chi connectivity index (χ1) is 7.86. The number of hydrogen-bond donors (Lipinski definition) is 1. The fraction of sp³-hybridized carbons (Fsp3) is 1.00. The Morgan fingerprint density at radius 1 is 1.06 bits per heavy atom. The highest BCUT2D eigenvalue weighted by Gasteiger charge is 2.15. The minimum atomic E-state index is 0.766. The second kappa shape index (κ2) is 9.00. The fourth-order valence-electron chi connectivity index (χ4n) is 2.45. The van der Waals surface area contributed by atoms with Crippen LogP contribution in [0.5, 0.6) is 0 Å². The van der Waals surface area contributed by atoms with Crippen molar-refractivity contribution in [3.63, 3.8) is 0 Å². The molecule has 0 aromatic heterocycles. The van der Waals surface area contributed by atoms with Crippen molar-refractivity contribution >= 4 is 0 Å². The minimum Gasteiger partial charge on any atom is -0.313 e. The van der Waals surface area contributed by atoms with Gasteiger partial charge in [0, 0.05) is 12.6 Å². The smallest absolute Gasteiger partial charge is 0.0195 e. The molecule has 1 aliphatic heterocycles. The molecule has 0 aromatic carbocycles. The molecule has 0 amide bonds. The highest BCUT2D eigenvalue weighted by Crippen LogP contribution is 2.09. The van der Waals surface area contributed by atoms with Crippen molar-refractivity contribution in [2.75, 3.05) is 26.2 Å². The SMILES string of the molecule is CCCCN(CCCC)C[C@H]1CCCCN1. The summed E-state index contributed by atoms with van der Waals surface area (Å²) in [7, 11) is 0. The molecule has 1 heterocycles. The van der Waals surface area contributed by atoms with Crippen molar-refractivity contribution in [1.29, 1.82) is 0 Å². The molecule has 0 unspecified atom stereocenters. The number of nitrogens with zero attached hydrogens (tertiary/aromatic N) is 1. The lowest BCUT2D eigenvalue weighted by molar-refractivity contribution is 0.218. The molecule has 0 aliphatic carbocycles. The highest BCUT2D eigenvalue weighted by molar-refractivity contribution is 4.76. The number of unbranched alkanes of at least 4 members (excludes halogenated alkanes) is 2. The van der Waals surface area contributed by atoms with E-state index in [1.54, 1.807) is 0 Å². The molecule has 1 aliphatic rings. The molecule has 0 spiro atoms. The molecule has 0 saturated carbocycles. The second-order valence-electron chi connectivity index (χ2n) is 5.15. The van der Waals surface area contributed by atoms with E-state index in [2.05, 4.69) is 24.1 Å². The number of hydrogen-bond acceptors (Lipinski definition) is 2. The van der Waals surface area contributed by atoms with Gasteiger partial charge in [-0.05, 0) is 45.3 Å². The number of piperidine rings is 1. The van der Waals surface area contributed by atoms with Crippen LogP contribution in [0.4, 0.5) is 0 Å². The summed E-state index contributed by atoms with van der Waals surface area (Å²) in [4.78, 5) is 2.68. The predicted octanol–water partition coefficient (Wildman–Crippen LogP) is 3.03. The van der Waals surface area contributed by atoms with Gasteiger partial charge >= 0.3 is 0 Å². The molecule has 0 aromatic rings. The predicted molar refractivity (Wildman–Crippen MR) is 71.9 cm³/mol. The highest BCUT2D eigenvalue weighted by atomic mass is 15.1. The van der Waals surface area contributed by atoms with Crippen LogP contribution in [0, 0.1) is 0 Å². The average molecular weight is 226 g/mol. The third-order valence-electron chi connectivity index (χ3n) is 3.55. The van der Waals surface area contributed by atoms with Gasteiger partial charge in [-0.15, -0.1) is 0 Å². The summed E-state index contributed by atoms with van der Waals surface area (Å²) in [6.07, 6.45) is 9.54. The summed E-state index contributed by atoms with van der Waals surface area (Å²) in [6.45, 7) is 9.69. The van der Waals surface area contributed by atoms with Crippen molar-refractivity contribution in [2.24, 2.45) is 0 Å². The Morgan fingerprint density at radius 3 is 2.25 bits per heavy atom. The molecular formula is C14H30N2. The first-order valence-electron chi connectivity index (χ1n) is 7.32. The van der Waals surface area contributed by atoms with Crippen LogP contribution in [0.3, 0.4) is 0 Å². The molecule has 1 N–H and O–H groups in total. The van der Waals surface area contributed by atoms with E-state index in [9.17, 15) is 0 Å². The van der Waals surface area contributed by atoms with Gasteiger partial charge in [-0.1, -0.05) is 33.1 Å². The van der Waals surface area contributed by atoms with Crippen molar-refractivity contribution in [2.45, 2.75) is 64.8 Å². The van der Waals surface area contributed by atoms with Gasteiger partial charge in [0.15, 0.2) is 0 Å². The number of rotatable bonds is 8. The molecular weight excluding hydrogens is 196 g/mol. The number of nitrogens with one attached hydrogen (secondary N) is 1. The maximum Gasteiger partial charge on any atom is 0.0195 e. The minimum absolute atomic E-state index is 0.766. The van der Waals surface area contributed by atoms with E-state index < -0.39 is 0 Å². The van der Waals surface area contributed by atoms with E-state index in [1.807, 2.05) is 0 Å². The molecule has 1 rings (SSSR count). The lowest BCUT2D eigenvalue weighted by Crippen LogP contribution is -2.44. The van der Waals surface area contributed by atoms with Gasteiger partial charge in [0.05, 0.1) is 0 Å². The summed E-state index contributed by atoms with van der Waals surface area (Å²) >= 11 is 0. The Kier molecular flexibility index (Phi) is 7.87. The summed E-state index contributed by atoms with van der Waals surface area (Å²) in [5, 5.41) is 3.66. The Hall–Kier alpha value is -0.0800. The van der Waals surface area contributed by atoms with Gasteiger partial charge < -0.3 is 10.2 Å². The summed E-state index contributed by atoms with van der Waals surface area (Å²) in [6, 6.07) is 0.766. The molecule has 96 valence electrons. The monoisotopic (exact) mass is 226 g/mol. The zero-order chi connectivity index (χ0) is 11.6. The third kappa shape index (κ3) is 5.86. The molecule has 1 saturated heterocycles. The van der Waals surface area contributed by atoms with Crippen LogP contribution in [0.2, 0.25) is 0 Å². The summed E-state index contributed by atoms with van der Waals surface area (Å²) in [5.74, 6) is 0. The second-order valence-corrected chi connectivity index (χ2v) is 5.15. The fourth-order valence-corrected chi connectivity index (χ4v) is 2.45. The van der Waals surface area contributed by atoms with Crippen molar-refractivity contribution < 1.29 is 0 Å². The first-order valence-corrected chi connectivity index (χ1v) is 7.32. The Balaban J connectivity index is 2.23. The molecule has 2 heteroatoms. The maximum atomic E-state index is 3.66. The van der Waals surface area contributed by atoms with E-state index in [1.165, 1.54) is 71.1 Å². The zero-order valence-corrected chi connectivity index (χ0v) is 11.3. The van der Waals surface area contributed by atoms with Crippen LogP contribution in [-0.4, -0.2) is 37.1 Å². The van der Waals surface area contributed by atoms with E-state index in [0.29, 0.717) is 0 Å². The van der Waals surface area contributed by atoms with Gasteiger partial charge in [-0.3, -0.25) is 0 Å². The van der Waals surface area contributed by atoms with Crippen LogP contribution in [-0.2, 0) is 0 Å². The third-order valence-corrected chi connectivity index (χ3v) is 3.55.